The Morgan fingerprint density at radius 3 is 1.72 bits per heavy atom. The molecule has 96 valence electrons. The van der Waals surface area contributed by atoms with E-state index in [0.717, 1.165) is 24.2 Å². The van der Waals surface area contributed by atoms with Crippen molar-refractivity contribution in [2.75, 3.05) is 7.05 Å². The van der Waals surface area contributed by atoms with E-state index in [2.05, 4.69) is 4.90 Å². The summed E-state index contributed by atoms with van der Waals surface area (Å²) < 4.78 is 10.1. The lowest BCUT2D eigenvalue weighted by molar-refractivity contribution is -0.134. The lowest BCUT2D eigenvalue weighted by Gasteiger charge is -2.10. The molecular weight excluding hydrogens is 234 g/mol. The average molecular weight is 249 g/mol. The van der Waals surface area contributed by atoms with E-state index in [1.165, 1.54) is 13.8 Å². The summed E-state index contributed by atoms with van der Waals surface area (Å²) in [6.07, 6.45) is 0. The standard InChI is InChI=1S/C13H15NO4/c1-8(15)17-12-4-10-6-14(3)7-11(10)5-13(12)18-9(2)16/h4-5H,6-7H2,1-3H3. The summed E-state index contributed by atoms with van der Waals surface area (Å²) in [5.74, 6) is -0.275. The Morgan fingerprint density at radius 2 is 1.39 bits per heavy atom. The highest BCUT2D eigenvalue weighted by Gasteiger charge is 2.21. The molecule has 0 radical (unpaired) electrons. The minimum atomic E-state index is -0.435. The van der Waals surface area contributed by atoms with E-state index in [1.54, 1.807) is 12.1 Å². The molecule has 18 heavy (non-hydrogen) atoms. The van der Waals surface area contributed by atoms with E-state index in [-0.39, 0.29) is 0 Å². The zero-order valence-corrected chi connectivity index (χ0v) is 10.6. The highest BCUT2D eigenvalue weighted by atomic mass is 16.6. The summed E-state index contributed by atoms with van der Waals surface area (Å²) in [4.78, 5) is 24.2. The maximum absolute atomic E-state index is 11.0. The number of hydrogen-bond acceptors (Lipinski definition) is 5. The van der Waals surface area contributed by atoms with E-state index in [9.17, 15) is 9.59 Å². The molecule has 5 nitrogen and oxygen atoms in total. The fourth-order valence-electron chi connectivity index (χ4n) is 2.05. The Bertz CT molecular complexity index is 465. The van der Waals surface area contributed by atoms with Gasteiger partial charge in [0.15, 0.2) is 11.5 Å². The van der Waals surface area contributed by atoms with Crippen molar-refractivity contribution in [3.63, 3.8) is 0 Å². The van der Waals surface area contributed by atoms with Gasteiger partial charge >= 0.3 is 11.9 Å². The van der Waals surface area contributed by atoms with Crippen LogP contribution in [0.4, 0.5) is 0 Å². The molecule has 0 unspecified atom stereocenters. The maximum Gasteiger partial charge on any atom is 0.308 e. The quantitative estimate of drug-likeness (QED) is 0.587. The van der Waals surface area contributed by atoms with Gasteiger partial charge in [0, 0.05) is 26.9 Å². The molecule has 0 fully saturated rings. The normalized spacial score (nSPS) is 14.2. The van der Waals surface area contributed by atoms with Gasteiger partial charge in [-0.1, -0.05) is 0 Å². The first-order valence-electron chi connectivity index (χ1n) is 5.67. The van der Waals surface area contributed by atoms with E-state index >= 15 is 0 Å². The van der Waals surface area contributed by atoms with Crippen molar-refractivity contribution in [2.45, 2.75) is 26.9 Å². The molecule has 1 aromatic carbocycles. The van der Waals surface area contributed by atoms with Gasteiger partial charge in [-0.2, -0.15) is 0 Å². The van der Waals surface area contributed by atoms with Crippen LogP contribution in [0, 0.1) is 0 Å². The predicted molar refractivity (Wildman–Crippen MR) is 64.2 cm³/mol. The van der Waals surface area contributed by atoms with Crippen molar-refractivity contribution in [3.8, 4) is 11.5 Å². The maximum atomic E-state index is 11.0. The molecule has 0 bridgehead atoms. The Balaban J connectivity index is 2.39. The summed E-state index contributed by atoms with van der Waals surface area (Å²) >= 11 is 0. The lowest BCUT2D eigenvalue weighted by atomic mass is 10.1. The van der Waals surface area contributed by atoms with Crippen LogP contribution in [0.2, 0.25) is 0 Å². The first-order chi connectivity index (χ1) is 8.45. The Hall–Kier alpha value is -1.88. The number of hydrogen-bond donors (Lipinski definition) is 0. The van der Waals surface area contributed by atoms with Crippen LogP contribution in [-0.2, 0) is 22.7 Å². The second-order valence-corrected chi connectivity index (χ2v) is 4.43. The van der Waals surface area contributed by atoms with Crippen molar-refractivity contribution in [3.05, 3.63) is 23.3 Å². The number of carbonyl (C=O) groups excluding carboxylic acids is 2. The van der Waals surface area contributed by atoms with Crippen molar-refractivity contribution in [2.24, 2.45) is 0 Å². The monoisotopic (exact) mass is 249 g/mol. The van der Waals surface area contributed by atoms with Crippen LogP contribution in [0.3, 0.4) is 0 Å². The van der Waals surface area contributed by atoms with E-state index in [4.69, 9.17) is 9.47 Å². The van der Waals surface area contributed by atoms with Gasteiger partial charge in [0.05, 0.1) is 0 Å². The molecule has 0 amide bonds. The minimum absolute atomic E-state index is 0.298. The number of fused-ring (bicyclic) bond motifs is 1. The van der Waals surface area contributed by atoms with Crippen molar-refractivity contribution < 1.29 is 19.1 Å². The molecule has 0 saturated heterocycles. The molecular formula is C13H15NO4. The van der Waals surface area contributed by atoms with Crippen molar-refractivity contribution in [1.82, 2.24) is 4.90 Å². The summed E-state index contributed by atoms with van der Waals surface area (Å²) in [7, 11) is 2.00. The molecule has 1 aromatic rings. The number of benzene rings is 1. The third kappa shape index (κ3) is 2.68. The molecule has 0 aromatic heterocycles. The summed E-state index contributed by atoms with van der Waals surface area (Å²) in [6, 6.07) is 3.52. The smallest absolute Gasteiger partial charge is 0.308 e. The van der Waals surface area contributed by atoms with Crippen LogP contribution in [0.1, 0.15) is 25.0 Å². The number of carbonyl (C=O) groups is 2. The van der Waals surface area contributed by atoms with Crippen LogP contribution in [-0.4, -0.2) is 23.9 Å². The van der Waals surface area contributed by atoms with E-state index < -0.39 is 11.9 Å². The first-order valence-corrected chi connectivity index (χ1v) is 5.67. The zero-order chi connectivity index (χ0) is 13.3. The van der Waals surface area contributed by atoms with E-state index in [1.807, 2.05) is 7.05 Å². The van der Waals surface area contributed by atoms with Gasteiger partial charge in [-0.25, -0.2) is 0 Å². The molecule has 0 saturated carbocycles. The fraction of sp³-hybridized carbons (Fsp3) is 0.385. The molecule has 0 atom stereocenters. The molecule has 0 N–H and O–H groups in total. The highest BCUT2D eigenvalue weighted by molar-refractivity contribution is 5.74. The van der Waals surface area contributed by atoms with Crippen LogP contribution in [0.5, 0.6) is 11.5 Å². The van der Waals surface area contributed by atoms with Crippen LogP contribution < -0.4 is 9.47 Å². The molecule has 5 heteroatoms. The molecule has 1 heterocycles. The summed E-state index contributed by atoms with van der Waals surface area (Å²) in [5, 5.41) is 0. The van der Waals surface area contributed by atoms with Crippen molar-refractivity contribution in [1.29, 1.82) is 0 Å². The summed E-state index contributed by atoms with van der Waals surface area (Å²) in [6.45, 7) is 4.22. The van der Waals surface area contributed by atoms with Gasteiger partial charge in [-0.15, -0.1) is 0 Å². The zero-order valence-electron chi connectivity index (χ0n) is 10.6. The predicted octanol–water partition coefficient (Wildman–Crippen LogP) is 1.48. The van der Waals surface area contributed by atoms with Gasteiger partial charge in [0.1, 0.15) is 0 Å². The molecule has 1 aliphatic heterocycles. The molecule has 1 aliphatic rings. The number of rotatable bonds is 2. The third-order valence-electron chi connectivity index (χ3n) is 2.65. The largest absolute Gasteiger partial charge is 0.423 e. The first kappa shape index (κ1) is 12.6. The number of esters is 2. The Morgan fingerprint density at radius 1 is 1.00 bits per heavy atom. The highest BCUT2D eigenvalue weighted by Crippen LogP contribution is 2.35. The average Bonchev–Trinajstić information content (AvgIpc) is 2.56. The topological polar surface area (TPSA) is 55.8 Å². The molecule has 0 aliphatic carbocycles. The Labute approximate surface area is 105 Å². The van der Waals surface area contributed by atoms with E-state index in [0.29, 0.717) is 11.5 Å². The van der Waals surface area contributed by atoms with Gasteiger partial charge in [-0.05, 0) is 30.3 Å². The summed E-state index contributed by atoms with van der Waals surface area (Å²) in [5.41, 5.74) is 2.18. The van der Waals surface area contributed by atoms with Crippen LogP contribution in [0.15, 0.2) is 12.1 Å². The SMILES string of the molecule is CC(=O)Oc1cc2c(cc1OC(C)=O)CN(C)C2. The van der Waals surface area contributed by atoms with Gasteiger partial charge in [-0.3, -0.25) is 14.5 Å². The van der Waals surface area contributed by atoms with Crippen molar-refractivity contribution >= 4 is 11.9 Å². The second-order valence-electron chi connectivity index (χ2n) is 4.43. The lowest BCUT2D eigenvalue weighted by Crippen LogP contribution is -2.07. The van der Waals surface area contributed by atoms with Gasteiger partial charge in [0.2, 0.25) is 0 Å². The van der Waals surface area contributed by atoms with Gasteiger partial charge < -0.3 is 9.47 Å². The number of ether oxygens (including phenoxy) is 2. The van der Waals surface area contributed by atoms with Crippen LogP contribution in [0.25, 0.3) is 0 Å². The number of nitrogens with zero attached hydrogens (tertiary/aromatic N) is 1. The minimum Gasteiger partial charge on any atom is -0.423 e. The molecule has 0 spiro atoms. The third-order valence-corrected chi connectivity index (χ3v) is 2.65. The van der Waals surface area contributed by atoms with Crippen LogP contribution >= 0.6 is 0 Å². The second kappa shape index (κ2) is 4.78. The fourth-order valence-corrected chi connectivity index (χ4v) is 2.05. The van der Waals surface area contributed by atoms with Gasteiger partial charge in [0.25, 0.3) is 0 Å². The molecule has 2 rings (SSSR count). The Kier molecular flexibility index (Phi) is 3.34.